The fraction of sp³-hybridized carbons (Fsp3) is 0.353. The number of nitro groups is 1. The van der Waals surface area contributed by atoms with Crippen LogP contribution in [0.25, 0.3) is 0 Å². The molecule has 1 heterocycles. The minimum atomic E-state index is -1.44. The molecular formula is C17H17FN2O6. The number of hydrogen-bond donors (Lipinski definition) is 1. The van der Waals surface area contributed by atoms with Crippen LogP contribution < -0.4 is 0 Å². The Morgan fingerprint density at radius 1 is 1.42 bits per heavy atom. The average Bonchev–Trinajstić information content (AvgIpc) is 2.60. The van der Waals surface area contributed by atoms with Crippen molar-refractivity contribution in [3.05, 3.63) is 51.2 Å². The summed E-state index contributed by atoms with van der Waals surface area (Å²) in [5.74, 6) is -4.42. The van der Waals surface area contributed by atoms with Gasteiger partial charge in [-0.05, 0) is 19.4 Å². The van der Waals surface area contributed by atoms with Crippen LogP contribution in [0, 0.1) is 16.0 Å². The second-order valence-electron chi connectivity index (χ2n) is 5.61. The number of esters is 1. The first-order valence-corrected chi connectivity index (χ1v) is 7.80. The van der Waals surface area contributed by atoms with E-state index in [1.807, 2.05) is 0 Å². The number of benzene rings is 1. The third-order valence-electron chi connectivity index (χ3n) is 4.05. The lowest BCUT2D eigenvalue weighted by atomic mass is 9.75. The number of ether oxygens (including phenoxy) is 1. The number of carbonyl (C=O) groups is 2. The molecule has 8 nitrogen and oxygen atoms in total. The predicted octanol–water partition coefficient (Wildman–Crippen LogP) is 2.64. The Morgan fingerprint density at radius 2 is 2.12 bits per heavy atom. The quantitative estimate of drug-likeness (QED) is 0.471. The summed E-state index contributed by atoms with van der Waals surface area (Å²) in [4.78, 5) is 38.6. The predicted molar refractivity (Wildman–Crippen MR) is 89.7 cm³/mol. The van der Waals surface area contributed by atoms with Crippen LogP contribution in [0.3, 0.4) is 0 Å². The molecule has 2 atom stereocenters. The van der Waals surface area contributed by atoms with E-state index in [2.05, 4.69) is 4.99 Å². The summed E-state index contributed by atoms with van der Waals surface area (Å²) in [6.45, 7) is 1.99. The molecule has 0 fully saturated rings. The SMILES string of the molecule is CCOC(=O)C1C(C)=NC(CF)=C(C(=O)O)C1c1cccc([N+](=O)[O-])c1. The van der Waals surface area contributed by atoms with Crippen molar-refractivity contribution in [1.82, 2.24) is 0 Å². The third kappa shape index (κ3) is 3.61. The number of carbonyl (C=O) groups excluding carboxylic acids is 1. The lowest BCUT2D eigenvalue weighted by Crippen LogP contribution is -2.36. The van der Waals surface area contributed by atoms with Crippen molar-refractivity contribution < 1.29 is 28.7 Å². The molecule has 2 unspecified atom stereocenters. The summed E-state index contributed by atoms with van der Waals surface area (Å²) in [5, 5.41) is 20.6. The lowest BCUT2D eigenvalue weighted by molar-refractivity contribution is -0.384. The van der Waals surface area contributed by atoms with E-state index in [1.165, 1.54) is 31.2 Å². The van der Waals surface area contributed by atoms with Crippen LogP contribution in [0.2, 0.25) is 0 Å². The number of alkyl halides is 1. The maximum absolute atomic E-state index is 13.4. The van der Waals surface area contributed by atoms with Crippen LogP contribution in [0.1, 0.15) is 25.3 Å². The van der Waals surface area contributed by atoms with Crippen LogP contribution in [0.5, 0.6) is 0 Å². The van der Waals surface area contributed by atoms with Gasteiger partial charge in [-0.1, -0.05) is 12.1 Å². The standard InChI is InChI=1S/C17H17FN2O6/c1-3-26-17(23)13-9(2)19-12(8-18)15(16(21)22)14(13)10-5-4-6-11(7-10)20(24)25/h4-7,13-14H,3,8H2,1-2H3,(H,21,22). The number of nitrogens with zero attached hydrogens (tertiary/aromatic N) is 2. The zero-order valence-corrected chi connectivity index (χ0v) is 14.1. The van der Waals surface area contributed by atoms with Gasteiger partial charge in [0.25, 0.3) is 5.69 Å². The van der Waals surface area contributed by atoms with Gasteiger partial charge in [-0.2, -0.15) is 0 Å². The van der Waals surface area contributed by atoms with Crippen LogP contribution in [-0.4, -0.2) is 41.0 Å². The van der Waals surface area contributed by atoms with Crippen LogP contribution in [0.15, 0.2) is 40.5 Å². The highest BCUT2D eigenvalue weighted by Crippen LogP contribution is 2.40. The summed E-state index contributed by atoms with van der Waals surface area (Å²) in [7, 11) is 0. The van der Waals surface area contributed by atoms with E-state index in [0.29, 0.717) is 0 Å². The van der Waals surface area contributed by atoms with E-state index in [-0.39, 0.29) is 29.3 Å². The second kappa shape index (κ2) is 7.85. The summed E-state index contributed by atoms with van der Waals surface area (Å²) in [6.07, 6.45) is 0. The summed E-state index contributed by atoms with van der Waals surface area (Å²) in [5.41, 5.74) is -0.590. The zero-order chi connectivity index (χ0) is 19.4. The highest BCUT2D eigenvalue weighted by Gasteiger charge is 2.42. The molecule has 1 aliphatic heterocycles. The van der Waals surface area contributed by atoms with Gasteiger partial charge in [0.15, 0.2) is 0 Å². The number of allylic oxidation sites excluding steroid dienone is 1. The number of aliphatic imine (C=N–C) groups is 1. The smallest absolute Gasteiger partial charge is 0.334 e. The van der Waals surface area contributed by atoms with Crippen LogP contribution >= 0.6 is 0 Å². The van der Waals surface area contributed by atoms with E-state index < -0.39 is 40.9 Å². The van der Waals surface area contributed by atoms with Crippen LogP contribution in [0.4, 0.5) is 10.1 Å². The molecule has 0 amide bonds. The fourth-order valence-electron chi connectivity index (χ4n) is 3.02. The topological polar surface area (TPSA) is 119 Å². The Morgan fingerprint density at radius 3 is 2.65 bits per heavy atom. The Labute approximate surface area is 148 Å². The first-order chi connectivity index (χ1) is 12.3. The minimum absolute atomic E-state index is 0.0619. The number of rotatable bonds is 6. The maximum atomic E-state index is 13.4. The molecule has 1 aromatic rings. The highest BCUT2D eigenvalue weighted by molar-refractivity contribution is 6.06. The molecular weight excluding hydrogens is 347 g/mol. The van der Waals surface area contributed by atoms with Gasteiger partial charge in [0.1, 0.15) is 12.6 Å². The molecule has 26 heavy (non-hydrogen) atoms. The summed E-state index contributed by atoms with van der Waals surface area (Å²) in [6, 6.07) is 5.26. The second-order valence-corrected chi connectivity index (χ2v) is 5.61. The Kier molecular flexibility index (Phi) is 5.81. The summed E-state index contributed by atoms with van der Waals surface area (Å²) < 4.78 is 18.4. The first-order valence-electron chi connectivity index (χ1n) is 7.80. The number of hydrogen-bond acceptors (Lipinski definition) is 6. The van der Waals surface area contributed by atoms with Crippen molar-refractivity contribution in [2.45, 2.75) is 19.8 Å². The first kappa shape index (κ1) is 19.2. The number of carboxylic acid groups (broad SMARTS) is 1. The molecule has 0 saturated carbocycles. The molecule has 1 aromatic carbocycles. The van der Waals surface area contributed by atoms with Gasteiger partial charge in [0, 0.05) is 23.8 Å². The molecule has 0 spiro atoms. The largest absolute Gasteiger partial charge is 0.478 e. The van der Waals surface area contributed by atoms with E-state index in [9.17, 15) is 29.2 Å². The van der Waals surface area contributed by atoms with Crippen molar-refractivity contribution in [1.29, 1.82) is 0 Å². The molecule has 0 saturated heterocycles. The van der Waals surface area contributed by atoms with E-state index in [1.54, 1.807) is 6.92 Å². The van der Waals surface area contributed by atoms with Crippen molar-refractivity contribution >= 4 is 23.3 Å². The molecule has 2 rings (SSSR count). The van der Waals surface area contributed by atoms with Crippen molar-refractivity contribution in [2.75, 3.05) is 13.3 Å². The monoisotopic (exact) mass is 364 g/mol. The molecule has 0 radical (unpaired) electrons. The number of carboxylic acids is 1. The molecule has 1 N–H and O–H groups in total. The van der Waals surface area contributed by atoms with E-state index in [4.69, 9.17) is 4.74 Å². The van der Waals surface area contributed by atoms with Gasteiger partial charge in [-0.15, -0.1) is 0 Å². The third-order valence-corrected chi connectivity index (χ3v) is 4.05. The maximum Gasteiger partial charge on any atom is 0.334 e. The number of nitro benzene ring substituents is 1. The summed E-state index contributed by atoms with van der Waals surface area (Å²) >= 11 is 0. The fourth-order valence-corrected chi connectivity index (χ4v) is 3.02. The average molecular weight is 364 g/mol. The number of non-ortho nitro benzene ring substituents is 1. The van der Waals surface area contributed by atoms with Gasteiger partial charge in [-0.3, -0.25) is 19.9 Å². The van der Waals surface area contributed by atoms with Gasteiger partial charge in [0.2, 0.25) is 0 Å². The highest BCUT2D eigenvalue weighted by atomic mass is 19.1. The van der Waals surface area contributed by atoms with E-state index in [0.717, 1.165) is 0 Å². The minimum Gasteiger partial charge on any atom is -0.478 e. The molecule has 0 aromatic heterocycles. The molecule has 0 bridgehead atoms. The zero-order valence-electron chi connectivity index (χ0n) is 14.1. The van der Waals surface area contributed by atoms with Gasteiger partial charge >= 0.3 is 11.9 Å². The number of aliphatic carboxylic acids is 1. The molecule has 0 aliphatic carbocycles. The number of halogens is 1. The Hall–Kier alpha value is -3.10. The van der Waals surface area contributed by atoms with Crippen molar-refractivity contribution in [2.24, 2.45) is 10.9 Å². The van der Waals surface area contributed by atoms with Gasteiger partial charge < -0.3 is 9.84 Å². The molecule has 9 heteroatoms. The Balaban J connectivity index is 2.70. The van der Waals surface area contributed by atoms with E-state index >= 15 is 0 Å². The van der Waals surface area contributed by atoms with Gasteiger partial charge in [0.05, 0.1) is 22.8 Å². The normalized spacial score (nSPS) is 19.7. The van der Waals surface area contributed by atoms with Gasteiger partial charge in [-0.25, -0.2) is 9.18 Å². The van der Waals surface area contributed by atoms with Crippen LogP contribution in [-0.2, 0) is 14.3 Å². The van der Waals surface area contributed by atoms with Crippen molar-refractivity contribution in [3.63, 3.8) is 0 Å². The Bertz CT molecular complexity index is 817. The van der Waals surface area contributed by atoms with Crippen molar-refractivity contribution in [3.8, 4) is 0 Å². The molecule has 1 aliphatic rings. The lowest BCUT2D eigenvalue weighted by Gasteiger charge is -2.30. The molecule has 138 valence electrons.